The molecule has 6 nitrogen and oxygen atoms in total. The molecule has 0 aromatic heterocycles. The Morgan fingerprint density at radius 2 is 1.59 bits per heavy atom. The van der Waals surface area contributed by atoms with Gasteiger partial charge in [-0.15, -0.1) is 0 Å². The number of ketones is 1. The smallest absolute Gasteiger partial charge is 0.315 e. The van der Waals surface area contributed by atoms with Crippen molar-refractivity contribution in [2.45, 2.75) is 13.4 Å². The first-order valence-electron chi connectivity index (χ1n) is 8.30. The number of benzene rings is 2. The van der Waals surface area contributed by atoms with Crippen molar-refractivity contribution in [3.05, 3.63) is 59.2 Å². The third-order valence-corrected chi connectivity index (χ3v) is 3.93. The molecule has 0 heterocycles. The van der Waals surface area contributed by atoms with Crippen LogP contribution in [0.2, 0.25) is 0 Å². The van der Waals surface area contributed by atoms with Crippen molar-refractivity contribution < 1.29 is 28.5 Å². The molecule has 0 saturated heterocycles. The fourth-order valence-corrected chi connectivity index (χ4v) is 2.55. The lowest BCUT2D eigenvalue weighted by atomic mass is 10.1. The van der Waals surface area contributed by atoms with Gasteiger partial charge in [-0.1, -0.05) is 6.07 Å². The Kier molecular flexibility index (Phi) is 7.40. The van der Waals surface area contributed by atoms with Crippen LogP contribution in [0.1, 0.15) is 21.5 Å². The molecule has 0 saturated carbocycles. The van der Waals surface area contributed by atoms with E-state index in [1.165, 1.54) is 20.3 Å². The Labute approximate surface area is 159 Å². The number of hydrogen-bond donors (Lipinski definition) is 0. The first-order valence-corrected chi connectivity index (χ1v) is 8.30. The molecule has 0 aliphatic rings. The van der Waals surface area contributed by atoms with E-state index >= 15 is 0 Å². The number of allylic oxidation sites excluding steroid dienone is 1. The predicted octanol–water partition coefficient (Wildman–Crippen LogP) is 3.86. The van der Waals surface area contributed by atoms with Gasteiger partial charge >= 0.3 is 6.48 Å². The van der Waals surface area contributed by atoms with E-state index in [0.29, 0.717) is 22.8 Å². The van der Waals surface area contributed by atoms with Gasteiger partial charge in [-0.3, -0.25) is 4.79 Å². The van der Waals surface area contributed by atoms with Crippen molar-refractivity contribution in [3.8, 4) is 17.2 Å². The van der Waals surface area contributed by atoms with Crippen molar-refractivity contribution >= 4 is 11.9 Å². The molecule has 0 amide bonds. The van der Waals surface area contributed by atoms with Crippen LogP contribution in [0.15, 0.2) is 42.5 Å². The predicted molar refractivity (Wildman–Crippen MR) is 103 cm³/mol. The van der Waals surface area contributed by atoms with Gasteiger partial charge in [-0.05, 0) is 55.0 Å². The van der Waals surface area contributed by atoms with Gasteiger partial charge in [-0.2, -0.15) is 0 Å². The van der Waals surface area contributed by atoms with Gasteiger partial charge in [-0.25, -0.2) is 0 Å². The van der Waals surface area contributed by atoms with Crippen LogP contribution >= 0.6 is 0 Å². The van der Waals surface area contributed by atoms with Crippen molar-refractivity contribution in [2.75, 3.05) is 28.4 Å². The highest BCUT2D eigenvalue weighted by atomic mass is 16.8. The van der Waals surface area contributed by atoms with Gasteiger partial charge < -0.3 is 23.7 Å². The molecule has 0 aliphatic carbocycles. The van der Waals surface area contributed by atoms with Crippen LogP contribution in [0.5, 0.6) is 17.2 Å². The molecule has 6 heteroatoms. The van der Waals surface area contributed by atoms with E-state index in [2.05, 4.69) is 0 Å². The summed E-state index contributed by atoms with van der Waals surface area (Å²) in [7, 11) is 6.12. The van der Waals surface area contributed by atoms with Crippen LogP contribution in [-0.2, 0) is 9.47 Å². The first kappa shape index (κ1) is 20.5. The van der Waals surface area contributed by atoms with Crippen molar-refractivity contribution in [1.82, 2.24) is 0 Å². The van der Waals surface area contributed by atoms with Gasteiger partial charge in [0.1, 0.15) is 17.2 Å². The molecule has 0 fully saturated rings. The van der Waals surface area contributed by atoms with E-state index in [0.717, 1.165) is 11.1 Å². The summed E-state index contributed by atoms with van der Waals surface area (Å²) >= 11 is 0. The Morgan fingerprint density at radius 3 is 2.15 bits per heavy atom. The van der Waals surface area contributed by atoms with E-state index in [1.807, 2.05) is 19.1 Å². The lowest BCUT2D eigenvalue weighted by Gasteiger charge is -2.15. The van der Waals surface area contributed by atoms with E-state index in [4.69, 9.17) is 23.7 Å². The number of carbonyl (C=O) groups excluding carboxylic acids is 1. The van der Waals surface area contributed by atoms with Crippen molar-refractivity contribution in [3.63, 3.8) is 0 Å². The highest BCUT2D eigenvalue weighted by Gasteiger charge is 2.12. The first-order chi connectivity index (χ1) is 13.0. The molecular weight excluding hydrogens is 348 g/mol. The molecule has 0 aliphatic heterocycles. The van der Waals surface area contributed by atoms with E-state index in [-0.39, 0.29) is 5.78 Å². The van der Waals surface area contributed by atoms with Gasteiger partial charge in [0.05, 0.1) is 19.8 Å². The molecule has 0 N–H and O–H groups in total. The Hall–Kier alpha value is -2.83. The lowest BCUT2D eigenvalue weighted by Crippen LogP contribution is -2.20. The van der Waals surface area contributed by atoms with Crippen LogP contribution in [-0.4, -0.2) is 40.7 Å². The van der Waals surface area contributed by atoms with Crippen LogP contribution in [0, 0.1) is 6.92 Å². The molecule has 0 spiro atoms. The van der Waals surface area contributed by atoms with Crippen molar-refractivity contribution in [1.29, 1.82) is 0 Å². The largest absolute Gasteiger partial charge is 0.496 e. The third-order valence-electron chi connectivity index (χ3n) is 3.93. The van der Waals surface area contributed by atoms with Crippen LogP contribution < -0.4 is 14.2 Å². The minimum Gasteiger partial charge on any atom is -0.496 e. The molecule has 0 radical (unpaired) electrons. The second-order valence-electron chi connectivity index (χ2n) is 5.63. The quantitative estimate of drug-likeness (QED) is 0.378. The number of methoxy groups -OCH3 is 4. The zero-order valence-electron chi connectivity index (χ0n) is 16.1. The molecule has 27 heavy (non-hydrogen) atoms. The fourth-order valence-electron chi connectivity index (χ4n) is 2.55. The average Bonchev–Trinajstić information content (AvgIpc) is 2.70. The summed E-state index contributed by atoms with van der Waals surface area (Å²) < 4.78 is 26.2. The topological polar surface area (TPSA) is 63.2 Å². The summed E-state index contributed by atoms with van der Waals surface area (Å²) in [6.45, 7) is 1.14. The maximum Gasteiger partial charge on any atom is 0.315 e. The monoisotopic (exact) mass is 372 g/mol. The number of hydrogen-bond acceptors (Lipinski definition) is 6. The molecule has 0 bridgehead atoms. The second kappa shape index (κ2) is 9.75. The highest BCUT2D eigenvalue weighted by molar-refractivity contribution is 6.07. The second-order valence-corrected chi connectivity index (χ2v) is 5.63. The number of rotatable bonds is 9. The zero-order chi connectivity index (χ0) is 19.8. The molecule has 144 valence electrons. The summed E-state index contributed by atoms with van der Waals surface area (Å²) in [6, 6.07) is 10.5. The summed E-state index contributed by atoms with van der Waals surface area (Å²) in [5, 5.41) is 0. The normalized spacial score (nSPS) is 11.0. The minimum atomic E-state index is -0.798. The van der Waals surface area contributed by atoms with Gasteiger partial charge in [0.25, 0.3) is 0 Å². The Balaban J connectivity index is 2.19. The summed E-state index contributed by atoms with van der Waals surface area (Å²) in [6.07, 6.45) is 3.19. The van der Waals surface area contributed by atoms with E-state index < -0.39 is 6.48 Å². The maximum absolute atomic E-state index is 12.5. The van der Waals surface area contributed by atoms with Crippen LogP contribution in [0.25, 0.3) is 6.08 Å². The van der Waals surface area contributed by atoms with Crippen LogP contribution in [0.4, 0.5) is 0 Å². The van der Waals surface area contributed by atoms with Gasteiger partial charge in [0, 0.05) is 19.8 Å². The van der Waals surface area contributed by atoms with Crippen molar-refractivity contribution in [2.24, 2.45) is 0 Å². The molecule has 2 rings (SSSR count). The summed E-state index contributed by atoms with van der Waals surface area (Å²) in [5.41, 5.74) is 2.20. The zero-order valence-corrected chi connectivity index (χ0v) is 16.1. The Morgan fingerprint density at radius 1 is 0.926 bits per heavy atom. The highest BCUT2D eigenvalue weighted by Crippen LogP contribution is 2.33. The molecule has 2 aromatic rings. The molecular formula is C21H24O6. The minimum absolute atomic E-state index is 0.151. The fraction of sp³-hybridized carbons (Fsp3) is 0.286. The standard InChI is InChI=1S/C21H24O6/c1-14-6-13-19(23-2)17(20(14)24-3)11-12-18(22)15-7-9-16(10-8-15)27-21(25-4)26-5/h6-13,21H,1-5H3/b12-11+. The SMILES string of the molecule is COc1ccc(C)c(OC)c1/C=C/C(=O)c1ccc(OC(OC)OC)cc1. The Bertz CT molecular complexity index is 791. The molecule has 2 aromatic carbocycles. The number of carbonyl (C=O) groups is 1. The van der Waals surface area contributed by atoms with E-state index in [1.54, 1.807) is 44.6 Å². The van der Waals surface area contributed by atoms with E-state index in [9.17, 15) is 4.79 Å². The number of ether oxygens (including phenoxy) is 5. The summed E-state index contributed by atoms with van der Waals surface area (Å²) in [5.74, 6) is 1.69. The van der Waals surface area contributed by atoms with Gasteiger partial charge in [0.2, 0.25) is 0 Å². The number of aryl methyl sites for hydroxylation is 1. The average molecular weight is 372 g/mol. The lowest BCUT2D eigenvalue weighted by molar-refractivity contribution is -0.219. The van der Waals surface area contributed by atoms with Gasteiger partial charge in [0.15, 0.2) is 5.78 Å². The molecule has 0 unspecified atom stereocenters. The summed E-state index contributed by atoms with van der Waals surface area (Å²) in [4.78, 5) is 12.5. The maximum atomic E-state index is 12.5. The third kappa shape index (κ3) is 5.09. The molecule has 0 atom stereocenters. The van der Waals surface area contributed by atoms with Crippen LogP contribution in [0.3, 0.4) is 0 Å².